The molecule has 0 aliphatic carbocycles. The molecule has 0 N–H and O–H groups in total. The zero-order valence-corrected chi connectivity index (χ0v) is 12.3. The van der Waals surface area contributed by atoms with E-state index in [9.17, 15) is 20.2 Å². The first-order valence-electron chi connectivity index (χ1n) is 6.81. The van der Waals surface area contributed by atoms with Crippen molar-refractivity contribution < 1.29 is 9.85 Å². The normalized spacial score (nSPS) is 10.9. The van der Waals surface area contributed by atoms with Crippen molar-refractivity contribution >= 4 is 0 Å². The highest BCUT2D eigenvalue weighted by Gasteiger charge is 2.45. The molecule has 0 saturated carbocycles. The number of hydrogen-bond acceptors (Lipinski definition) is 4. The van der Waals surface area contributed by atoms with Crippen LogP contribution in [0.1, 0.15) is 28.2 Å². The average molecular weight is 300 g/mol. The second kappa shape index (κ2) is 6.34. The van der Waals surface area contributed by atoms with Crippen molar-refractivity contribution in [2.45, 2.75) is 25.9 Å². The van der Waals surface area contributed by atoms with E-state index in [4.69, 9.17) is 0 Å². The zero-order valence-electron chi connectivity index (χ0n) is 12.3. The van der Waals surface area contributed by atoms with Crippen LogP contribution >= 0.6 is 0 Å². The van der Waals surface area contributed by atoms with Crippen molar-refractivity contribution in [1.29, 1.82) is 0 Å². The number of benzene rings is 2. The molecule has 0 saturated heterocycles. The molecule has 0 unspecified atom stereocenters. The maximum atomic E-state index is 11.3. The average Bonchev–Trinajstić information content (AvgIpc) is 2.45. The highest BCUT2D eigenvalue weighted by molar-refractivity contribution is 5.41. The minimum atomic E-state index is -1.91. The molecule has 6 nitrogen and oxygen atoms in total. The number of hydrogen-bond donors (Lipinski definition) is 0. The van der Waals surface area contributed by atoms with Gasteiger partial charge in [0.05, 0.1) is 9.85 Å². The predicted molar refractivity (Wildman–Crippen MR) is 82.0 cm³/mol. The molecule has 114 valence electrons. The van der Waals surface area contributed by atoms with Crippen molar-refractivity contribution in [3.63, 3.8) is 0 Å². The van der Waals surface area contributed by atoms with Gasteiger partial charge in [0.2, 0.25) is 0 Å². The molecule has 6 heteroatoms. The van der Waals surface area contributed by atoms with Crippen LogP contribution < -0.4 is 0 Å². The van der Waals surface area contributed by atoms with E-state index < -0.39 is 21.9 Å². The molecule has 2 aromatic carbocycles. The van der Waals surface area contributed by atoms with Gasteiger partial charge in [-0.05, 0) is 36.1 Å². The van der Waals surface area contributed by atoms with E-state index in [2.05, 4.69) is 0 Å². The van der Waals surface area contributed by atoms with E-state index >= 15 is 0 Å². The van der Waals surface area contributed by atoms with Crippen LogP contribution in [0.15, 0.2) is 48.5 Å². The molecule has 0 aromatic heterocycles. The third-order valence-electron chi connectivity index (χ3n) is 3.78. The van der Waals surface area contributed by atoms with Crippen LogP contribution in [0.3, 0.4) is 0 Å². The lowest BCUT2D eigenvalue weighted by molar-refractivity contribution is -0.744. The Hall–Kier alpha value is -2.76. The second-order valence-electron chi connectivity index (χ2n) is 5.18. The Morgan fingerprint density at radius 2 is 1.14 bits per heavy atom. The van der Waals surface area contributed by atoms with Gasteiger partial charge >= 0.3 is 6.17 Å². The topological polar surface area (TPSA) is 86.3 Å². The van der Waals surface area contributed by atoms with Gasteiger partial charge in [0, 0.05) is 0 Å². The van der Waals surface area contributed by atoms with Gasteiger partial charge < -0.3 is 0 Å². The molecule has 0 aliphatic heterocycles. The van der Waals surface area contributed by atoms with Crippen LogP contribution in [0, 0.1) is 34.1 Å². The molecule has 0 fully saturated rings. The fourth-order valence-corrected chi connectivity index (χ4v) is 2.68. The van der Waals surface area contributed by atoms with E-state index in [1.165, 1.54) is 0 Å². The fourth-order valence-electron chi connectivity index (χ4n) is 2.68. The summed E-state index contributed by atoms with van der Waals surface area (Å²) in [5, 5.41) is 22.6. The Kier molecular flexibility index (Phi) is 4.50. The molecular formula is C16H16N2O4. The van der Waals surface area contributed by atoms with Crippen molar-refractivity contribution in [2.75, 3.05) is 0 Å². The molecule has 2 aromatic rings. The molecule has 0 amide bonds. The number of rotatable bonds is 5. The lowest BCUT2D eigenvalue weighted by Crippen LogP contribution is -2.36. The molecular weight excluding hydrogens is 284 g/mol. The highest BCUT2D eigenvalue weighted by atomic mass is 16.7. The van der Waals surface area contributed by atoms with Crippen LogP contribution in [-0.2, 0) is 0 Å². The van der Waals surface area contributed by atoms with Gasteiger partial charge in [0.1, 0.15) is 5.92 Å². The Balaban J connectivity index is 2.70. The van der Waals surface area contributed by atoms with E-state index in [0.717, 1.165) is 11.1 Å². The van der Waals surface area contributed by atoms with Gasteiger partial charge in [-0.1, -0.05) is 48.5 Å². The summed E-state index contributed by atoms with van der Waals surface area (Å²) in [6.45, 7) is 3.61. The molecule has 0 radical (unpaired) electrons. The molecule has 0 atom stereocenters. The van der Waals surface area contributed by atoms with Gasteiger partial charge in [-0.2, -0.15) is 0 Å². The van der Waals surface area contributed by atoms with Crippen molar-refractivity contribution in [3.05, 3.63) is 91.0 Å². The standard InChI is InChI=1S/C16H16N2O4/c1-11-7-3-5-9-13(11)15(16(17(19)20)18(21)22)14-10-6-4-8-12(14)2/h3-10,15-16H,1-2H3. The quantitative estimate of drug-likeness (QED) is 0.481. The van der Waals surface area contributed by atoms with Gasteiger partial charge in [-0.15, -0.1) is 0 Å². The lowest BCUT2D eigenvalue weighted by Gasteiger charge is -2.20. The number of nitro groups is 2. The maximum absolute atomic E-state index is 11.3. The first-order chi connectivity index (χ1) is 10.4. The van der Waals surface area contributed by atoms with Crippen LogP contribution in [0.4, 0.5) is 0 Å². The second-order valence-corrected chi connectivity index (χ2v) is 5.18. The van der Waals surface area contributed by atoms with Gasteiger partial charge in [0.15, 0.2) is 0 Å². The maximum Gasteiger partial charge on any atom is 0.461 e. The van der Waals surface area contributed by atoms with E-state index in [1.807, 2.05) is 0 Å². The summed E-state index contributed by atoms with van der Waals surface area (Å²) < 4.78 is 0. The summed E-state index contributed by atoms with van der Waals surface area (Å²) in [6.07, 6.45) is -1.91. The fraction of sp³-hybridized carbons (Fsp3) is 0.250. The van der Waals surface area contributed by atoms with Crippen LogP contribution in [0.25, 0.3) is 0 Å². The van der Waals surface area contributed by atoms with Crippen LogP contribution in [0.5, 0.6) is 0 Å². The molecule has 0 spiro atoms. The van der Waals surface area contributed by atoms with Gasteiger partial charge in [0.25, 0.3) is 0 Å². The lowest BCUT2D eigenvalue weighted by atomic mass is 9.84. The van der Waals surface area contributed by atoms with Gasteiger partial charge in [-0.3, -0.25) is 20.2 Å². The molecule has 0 aliphatic rings. The highest BCUT2D eigenvalue weighted by Crippen LogP contribution is 2.33. The molecule has 0 bridgehead atoms. The summed E-state index contributed by atoms with van der Waals surface area (Å²) in [4.78, 5) is 21.0. The van der Waals surface area contributed by atoms with Crippen molar-refractivity contribution in [2.24, 2.45) is 0 Å². The van der Waals surface area contributed by atoms with Crippen molar-refractivity contribution in [1.82, 2.24) is 0 Å². The van der Waals surface area contributed by atoms with E-state index in [1.54, 1.807) is 62.4 Å². The summed E-state index contributed by atoms with van der Waals surface area (Å²) in [7, 11) is 0. The van der Waals surface area contributed by atoms with Gasteiger partial charge in [-0.25, -0.2) is 0 Å². The van der Waals surface area contributed by atoms with Crippen LogP contribution in [0.2, 0.25) is 0 Å². The minimum absolute atomic E-state index is 0.607. The predicted octanol–water partition coefficient (Wildman–Crippen LogP) is 3.31. The largest absolute Gasteiger partial charge is 0.461 e. The Morgan fingerprint density at radius 3 is 1.45 bits per heavy atom. The molecule has 0 heterocycles. The Bertz CT molecular complexity index is 655. The van der Waals surface area contributed by atoms with E-state index in [0.29, 0.717) is 11.1 Å². The summed E-state index contributed by atoms with van der Waals surface area (Å²) >= 11 is 0. The first-order valence-corrected chi connectivity index (χ1v) is 6.81. The third kappa shape index (κ3) is 2.95. The summed E-state index contributed by atoms with van der Waals surface area (Å²) in [5.74, 6) is -0.924. The van der Waals surface area contributed by atoms with Crippen LogP contribution in [-0.4, -0.2) is 16.0 Å². The van der Waals surface area contributed by atoms with E-state index in [-0.39, 0.29) is 0 Å². The summed E-state index contributed by atoms with van der Waals surface area (Å²) in [5.41, 5.74) is 2.80. The molecule has 22 heavy (non-hydrogen) atoms. The third-order valence-corrected chi connectivity index (χ3v) is 3.78. The van der Waals surface area contributed by atoms with Crippen molar-refractivity contribution in [3.8, 4) is 0 Å². The number of nitrogens with zero attached hydrogens (tertiary/aromatic N) is 2. The summed E-state index contributed by atoms with van der Waals surface area (Å²) in [6, 6.07) is 14.1. The zero-order chi connectivity index (χ0) is 16.3. The Morgan fingerprint density at radius 1 is 0.773 bits per heavy atom. The smallest absolute Gasteiger partial charge is 0.259 e. The monoisotopic (exact) mass is 300 g/mol. The SMILES string of the molecule is Cc1ccccc1C(c1ccccc1C)C([N+](=O)[O-])[N+](=O)[O-]. The first kappa shape index (κ1) is 15.6. The molecule has 2 rings (SSSR count). The number of aryl methyl sites for hydroxylation is 2. The Labute approximate surface area is 127 Å². The minimum Gasteiger partial charge on any atom is -0.259 e.